The number of non-ortho nitro benzene ring substituents is 3. The quantitative estimate of drug-likeness (QED) is 0.0290. The maximum atomic E-state index is 12.5. The molecule has 6 aromatic carbocycles. The second-order valence-electron chi connectivity index (χ2n) is 14.1. The van der Waals surface area contributed by atoms with E-state index in [0.29, 0.717) is 71.0 Å². The van der Waals surface area contributed by atoms with Crippen molar-refractivity contribution in [3.05, 3.63) is 176 Å². The maximum absolute atomic E-state index is 12.5. The molecule has 0 aromatic heterocycles. The molecule has 344 valence electrons. The van der Waals surface area contributed by atoms with Crippen LogP contribution in [0, 0.1) is 30.3 Å². The molecule has 0 aliphatic rings. The lowest BCUT2D eigenvalue weighted by Crippen LogP contribution is -2.35. The van der Waals surface area contributed by atoms with E-state index in [9.17, 15) is 44.7 Å². The van der Waals surface area contributed by atoms with Gasteiger partial charge in [-0.2, -0.15) is 0 Å². The lowest BCUT2D eigenvalue weighted by Gasteiger charge is -2.23. The molecule has 0 aliphatic heterocycles. The number of nitro groups is 3. The Hall–Kier alpha value is -9.31. The first-order chi connectivity index (χ1) is 32.3. The SMILES string of the molecule is O=C(Nc1ccc(OCCN(CCOc2ccc(NC(=O)Nc3ccc([N+](=O)[O-])cc3)cc2)CCOc2ccc(NC(=O)Nc3ccc([N+](=O)[O-])cc3)cc2)cc1)Nc1ccc([N+](=O)[O-])cc1. The molecule has 6 aromatic rings. The molecule has 0 saturated heterocycles. The van der Waals surface area contributed by atoms with Crippen molar-refractivity contribution < 1.29 is 43.4 Å². The molecule has 0 aliphatic carbocycles. The zero-order valence-electron chi connectivity index (χ0n) is 35.3. The van der Waals surface area contributed by atoms with Gasteiger partial charge in [-0.25, -0.2) is 14.4 Å². The highest BCUT2D eigenvalue weighted by molar-refractivity contribution is 6.01. The molecular weight excluding hydrogens is 873 g/mol. The summed E-state index contributed by atoms with van der Waals surface area (Å²) in [6, 6.07) is 35.0. The van der Waals surface area contributed by atoms with Crippen molar-refractivity contribution in [3.8, 4) is 17.2 Å². The molecule has 0 unspecified atom stereocenters. The van der Waals surface area contributed by atoms with Gasteiger partial charge in [0, 0.05) is 90.2 Å². The van der Waals surface area contributed by atoms with Gasteiger partial charge in [0.25, 0.3) is 17.1 Å². The first kappa shape index (κ1) is 47.2. The Morgan fingerprint density at radius 3 is 0.746 bits per heavy atom. The highest BCUT2D eigenvalue weighted by atomic mass is 16.6. The fourth-order valence-electron chi connectivity index (χ4n) is 6.00. The summed E-state index contributed by atoms with van der Waals surface area (Å²) in [5.41, 5.74) is 2.35. The van der Waals surface area contributed by atoms with Gasteiger partial charge < -0.3 is 46.1 Å². The van der Waals surface area contributed by atoms with Gasteiger partial charge in [-0.1, -0.05) is 0 Å². The number of nitrogens with one attached hydrogen (secondary N) is 6. The van der Waals surface area contributed by atoms with Gasteiger partial charge in [0.1, 0.15) is 37.1 Å². The van der Waals surface area contributed by atoms with E-state index in [4.69, 9.17) is 14.2 Å². The van der Waals surface area contributed by atoms with E-state index in [1.165, 1.54) is 72.8 Å². The van der Waals surface area contributed by atoms with Crippen molar-refractivity contribution in [2.24, 2.45) is 0 Å². The van der Waals surface area contributed by atoms with E-state index in [-0.39, 0.29) is 36.9 Å². The minimum atomic E-state index is -0.531. The molecule has 0 radical (unpaired) electrons. The average Bonchev–Trinajstić information content (AvgIpc) is 3.31. The van der Waals surface area contributed by atoms with Crippen LogP contribution in [-0.2, 0) is 0 Å². The van der Waals surface area contributed by atoms with E-state index in [1.54, 1.807) is 72.8 Å². The minimum Gasteiger partial charge on any atom is -0.492 e. The summed E-state index contributed by atoms with van der Waals surface area (Å²) in [4.78, 5) is 70.6. The van der Waals surface area contributed by atoms with Gasteiger partial charge in [0.05, 0.1) is 14.8 Å². The van der Waals surface area contributed by atoms with Crippen molar-refractivity contribution in [3.63, 3.8) is 0 Å². The summed E-state index contributed by atoms with van der Waals surface area (Å²) in [5.74, 6) is 1.66. The second kappa shape index (κ2) is 23.4. The number of nitro benzene ring substituents is 3. The summed E-state index contributed by atoms with van der Waals surface area (Å²) < 4.78 is 18.0. The van der Waals surface area contributed by atoms with Crippen molar-refractivity contribution >= 4 is 69.3 Å². The van der Waals surface area contributed by atoms with Crippen LogP contribution in [0.4, 0.5) is 65.6 Å². The molecule has 6 amide bonds. The van der Waals surface area contributed by atoms with Crippen LogP contribution in [0.1, 0.15) is 0 Å². The summed E-state index contributed by atoms with van der Waals surface area (Å²) in [6.45, 7) is 2.30. The van der Waals surface area contributed by atoms with Gasteiger partial charge >= 0.3 is 18.1 Å². The molecule has 6 N–H and O–H groups in total. The number of rotatable bonds is 21. The number of hydrogen-bond acceptors (Lipinski definition) is 13. The summed E-state index contributed by atoms with van der Waals surface area (Å²) in [5, 5.41) is 48.6. The van der Waals surface area contributed by atoms with E-state index in [1.807, 2.05) is 0 Å². The first-order valence-electron chi connectivity index (χ1n) is 20.2. The number of nitrogens with zero attached hydrogens (tertiary/aromatic N) is 4. The van der Waals surface area contributed by atoms with Crippen LogP contribution in [0.3, 0.4) is 0 Å². The third-order valence-corrected chi connectivity index (χ3v) is 9.37. The fraction of sp³-hybridized carbons (Fsp3) is 0.133. The normalized spacial score (nSPS) is 10.5. The van der Waals surface area contributed by atoms with Gasteiger partial charge in [0.2, 0.25) is 0 Å². The number of ether oxygens (including phenoxy) is 3. The molecule has 0 atom stereocenters. The van der Waals surface area contributed by atoms with Crippen LogP contribution >= 0.6 is 0 Å². The minimum absolute atomic E-state index is 0.0936. The van der Waals surface area contributed by atoms with Crippen molar-refractivity contribution in [1.29, 1.82) is 0 Å². The van der Waals surface area contributed by atoms with E-state index < -0.39 is 32.9 Å². The van der Waals surface area contributed by atoms with Crippen LogP contribution in [0.15, 0.2) is 146 Å². The molecule has 0 spiro atoms. The summed E-state index contributed by atoms with van der Waals surface area (Å²) in [7, 11) is 0. The molecule has 0 fully saturated rings. The monoisotopic (exact) mass is 914 g/mol. The zero-order valence-corrected chi connectivity index (χ0v) is 35.3. The number of carbonyl (C=O) groups is 3. The number of amides is 6. The largest absolute Gasteiger partial charge is 0.492 e. The molecule has 22 heteroatoms. The maximum Gasteiger partial charge on any atom is 0.323 e. The second-order valence-corrected chi connectivity index (χ2v) is 14.1. The Kier molecular flexibility index (Phi) is 16.5. The van der Waals surface area contributed by atoms with Crippen molar-refractivity contribution in [1.82, 2.24) is 4.90 Å². The van der Waals surface area contributed by atoms with Crippen LogP contribution in [-0.4, -0.2) is 77.2 Å². The number of benzene rings is 6. The topological polar surface area (TPSA) is 284 Å². The average molecular weight is 915 g/mol. The van der Waals surface area contributed by atoms with Crippen LogP contribution in [0.2, 0.25) is 0 Å². The lowest BCUT2D eigenvalue weighted by atomic mass is 10.3. The molecule has 67 heavy (non-hydrogen) atoms. The van der Waals surface area contributed by atoms with E-state index in [2.05, 4.69) is 36.8 Å². The van der Waals surface area contributed by atoms with Gasteiger partial charge in [0.15, 0.2) is 0 Å². The number of urea groups is 3. The van der Waals surface area contributed by atoms with Crippen LogP contribution < -0.4 is 46.1 Å². The highest BCUT2D eigenvalue weighted by Gasteiger charge is 2.12. The number of hydrogen-bond donors (Lipinski definition) is 6. The van der Waals surface area contributed by atoms with Gasteiger partial charge in [-0.05, 0) is 109 Å². The standard InChI is InChI=1S/C45H42N10O12/c56-43(46-31-1-13-37(14-2-31)53(59)60)49-34-7-19-40(20-8-34)65-28-25-52(26-29-66-41-21-9-35(10-22-41)50-44(57)47-32-3-15-38(16-4-32)54(61)62)27-30-67-42-23-11-36(12-24-42)51-45(58)48-33-5-17-39(18-6-33)55(63)64/h1-24H,25-30H2,(H2,46,49,56)(H2,47,50,57)(H2,48,51,58). The number of anilines is 6. The summed E-state index contributed by atoms with van der Waals surface area (Å²) in [6.07, 6.45) is 0. The van der Waals surface area contributed by atoms with Gasteiger partial charge in [-0.3, -0.25) is 35.2 Å². The van der Waals surface area contributed by atoms with E-state index in [0.717, 1.165) is 0 Å². The molecule has 0 heterocycles. The van der Waals surface area contributed by atoms with Crippen molar-refractivity contribution in [2.75, 3.05) is 71.4 Å². The predicted octanol–water partition coefficient (Wildman–Crippen LogP) is 9.18. The zero-order chi connectivity index (χ0) is 47.5. The Balaban J connectivity index is 0.977. The lowest BCUT2D eigenvalue weighted by molar-refractivity contribution is -0.385. The van der Waals surface area contributed by atoms with Crippen LogP contribution in [0.25, 0.3) is 0 Å². The molecule has 0 saturated carbocycles. The molecule has 22 nitrogen and oxygen atoms in total. The van der Waals surface area contributed by atoms with Gasteiger partial charge in [-0.15, -0.1) is 0 Å². The predicted molar refractivity (Wildman–Crippen MR) is 249 cm³/mol. The Labute approximate surface area is 381 Å². The Morgan fingerprint density at radius 2 is 0.552 bits per heavy atom. The van der Waals surface area contributed by atoms with Crippen molar-refractivity contribution in [2.45, 2.75) is 0 Å². The van der Waals surface area contributed by atoms with Crippen LogP contribution in [0.5, 0.6) is 17.2 Å². The fourth-order valence-corrected chi connectivity index (χ4v) is 6.00. The molecule has 6 rings (SSSR count). The third-order valence-electron chi connectivity index (χ3n) is 9.37. The molecular formula is C45H42N10O12. The number of carbonyl (C=O) groups excluding carboxylic acids is 3. The highest BCUT2D eigenvalue weighted by Crippen LogP contribution is 2.22. The molecule has 0 bridgehead atoms. The first-order valence-corrected chi connectivity index (χ1v) is 20.2. The van der Waals surface area contributed by atoms with E-state index >= 15 is 0 Å². The Bertz CT molecular complexity index is 2340. The third kappa shape index (κ3) is 15.5. The Morgan fingerprint density at radius 1 is 0.358 bits per heavy atom. The smallest absolute Gasteiger partial charge is 0.323 e. The summed E-state index contributed by atoms with van der Waals surface area (Å²) >= 11 is 0.